The van der Waals surface area contributed by atoms with E-state index in [4.69, 9.17) is 0 Å². The van der Waals surface area contributed by atoms with Gasteiger partial charge >= 0.3 is 0 Å². The Morgan fingerprint density at radius 3 is 2.50 bits per heavy atom. The largest absolute Gasteiger partial charge is 0.314 e. The van der Waals surface area contributed by atoms with E-state index < -0.39 is 7.14 Å². The molecule has 0 N–H and O–H groups in total. The lowest BCUT2D eigenvalue weighted by molar-refractivity contribution is 0.580. The van der Waals surface area contributed by atoms with Crippen molar-refractivity contribution in [1.82, 2.24) is 0 Å². The highest BCUT2D eigenvalue weighted by Gasteiger charge is 2.39. The van der Waals surface area contributed by atoms with Crippen molar-refractivity contribution in [3.8, 4) is 0 Å². The highest BCUT2D eigenvalue weighted by atomic mass is 31.2. The quantitative estimate of drug-likeness (QED) is 0.674. The molecule has 0 radical (unpaired) electrons. The van der Waals surface area contributed by atoms with Crippen LogP contribution in [0.3, 0.4) is 0 Å². The maximum atomic E-state index is 13.0. The van der Waals surface area contributed by atoms with Crippen LogP contribution >= 0.6 is 7.14 Å². The molecule has 80 valence electrons. The van der Waals surface area contributed by atoms with Crippen molar-refractivity contribution in [2.45, 2.75) is 5.66 Å². The number of hydrogen-bond acceptors (Lipinski definition) is 1. The van der Waals surface area contributed by atoms with Gasteiger partial charge in [-0.15, -0.1) is 0 Å². The predicted molar refractivity (Wildman–Crippen MR) is 68.4 cm³/mol. The van der Waals surface area contributed by atoms with Crippen LogP contribution in [0.2, 0.25) is 0 Å². The third kappa shape index (κ3) is 1.36. The van der Waals surface area contributed by atoms with Crippen LogP contribution in [0.1, 0.15) is 0 Å². The van der Waals surface area contributed by atoms with E-state index in [-0.39, 0.29) is 5.66 Å². The minimum absolute atomic E-state index is 0.139. The van der Waals surface area contributed by atoms with Gasteiger partial charge in [-0.3, -0.25) is 0 Å². The van der Waals surface area contributed by atoms with Crippen molar-refractivity contribution in [3.05, 3.63) is 66.5 Å². The number of hydrogen-bond donors (Lipinski definition) is 0. The van der Waals surface area contributed by atoms with Gasteiger partial charge in [-0.05, 0) is 5.82 Å². The first-order chi connectivity index (χ1) is 7.81. The molecule has 0 saturated heterocycles. The first-order valence-electron chi connectivity index (χ1n) is 5.50. The smallest absolute Gasteiger partial charge is 0.143 e. The number of fused-ring (bicyclic) bond motifs is 1. The highest BCUT2D eigenvalue weighted by Crippen LogP contribution is 2.59. The van der Waals surface area contributed by atoms with Crippen LogP contribution in [-0.2, 0) is 4.57 Å². The summed E-state index contributed by atoms with van der Waals surface area (Å²) in [7, 11) is -2.37. The summed E-state index contributed by atoms with van der Waals surface area (Å²) in [6.45, 7) is 0. The van der Waals surface area contributed by atoms with Gasteiger partial charge < -0.3 is 4.57 Å². The second kappa shape index (κ2) is 3.61. The molecule has 2 heteroatoms. The molecule has 0 spiro atoms. The van der Waals surface area contributed by atoms with E-state index in [0.29, 0.717) is 5.92 Å². The number of allylic oxidation sites excluding steroid dienone is 5. The average molecular weight is 228 g/mol. The molecule has 1 aliphatic heterocycles. The summed E-state index contributed by atoms with van der Waals surface area (Å²) in [4.78, 5) is 0. The van der Waals surface area contributed by atoms with Gasteiger partial charge in [0.2, 0.25) is 0 Å². The Hall–Kier alpha value is -1.33. The topological polar surface area (TPSA) is 17.1 Å². The summed E-state index contributed by atoms with van der Waals surface area (Å²) in [5, 5.41) is 0.971. The average Bonchev–Trinajstić information content (AvgIpc) is 2.71. The lowest BCUT2D eigenvalue weighted by atomic mass is 10.0. The van der Waals surface area contributed by atoms with Gasteiger partial charge in [0.25, 0.3) is 0 Å². The summed E-state index contributed by atoms with van der Waals surface area (Å²) < 4.78 is 13.0. The molecule has 1 aliphatic carbocycles. The fourth-order valence-corrected chi connectivity index (χ4v) is 5.29. The van der Waals surface area contributed by atoms with E-state index in [1.807, 2.05) is 48.3 Å². The maximum Gasteiger partial charge on any atom is 0.143 e. The predicted octanol–water partition coefficient (Wildman–Crippen LogP) is 3.31. The van der Waals surface area contributed by atoms with Crippen molar-refractivity contribution >= 4 is 12.4 Å². The van der Waals surface area contributed by atoms with Crippen LogP contribution in [-0.4, -0.2) is 5.66 Å². The SMILES string of the molecule is O=[P@@]1(c2ccccc2)C=C[C@@H]2C=CC=C[C@@H]21. The normalized spacial score (nSPS) is 35.2. The minimum Gasteiger partial charge on any atom is -0.314 e. The monoisotopic (exact) mass is 228 g/mol. The zero-order chi connectivity index (χ0) is 11.0. The van der Waals surface area contributed by atoms with Crippen LogP contribution in [0.4, 0.5) is 0 Å². The van der Waals surface area contributed by atoms with E-state index in [2.05, 4.69) is 18.2 Å². The molecular weight excluding hydrogens is 215 g/mol. The lowest BCUT2D eigenvalue weighted by Crippen LogP contribution is -2.17. The second-order valence-electron chi connectivity index (χ2n) is 4.22. The molecule has 0 bridgehead atoms. The van der Waals surface area contributed by atoms with Crippen molar-refractivity contribution in [2.24, 2.45) is 5.92 Å². The van der Waals surface area contributed by atoms with Crippen LogP contribution in [0, 0.1) is 5.92 Å². The van der Waals surface area contributed by atoms with E-state index in [1.54, 1.807) is 0 Å². The molecule has 0 unspecified atom stereocenters. The van der Waals surface area contributed by atoms with E-state index >= 15 is 0 Å². The molecule has 0 aromatic heterocycles. The van der Waals surface area contributed by atoms with E-state index in [9.17, 15) is 4.57 Å². The fourth-order valence-electron chi connectivity index (χ4n) is 2.42. The van der Waals surface area contributed by atoms with Gasteiger partial charge in [-0.25, -0.2) is 0 Å². The number of rotatable bonds is 1. The van der Waals surface area contributed by atoms with Crippen molar-refractivity contribution < 1.29 is 4.57 Å². The molecule has 1 heterocycles. The first-order valence-corrected chi connectivity index (χ1v) is 7.35. The zero-order valence-electron chi connectivity index (χ0n) is 8.86. The molecule has 0 amide bonds. The van der Waals surface area contributed by atoms with Crippen LogP contribution in [0.15, 0.2) is 66.5 Å². The molecule has 1 aromatic rings. The zero-order valence-corrected chi connectivity index (χ0v) is 9.76. The minimum atomic E-state index is -2.37. The Morgan fingerprint density at radius 1 is 0.938 bits per heavy atom. The first kappa shape index (κ1) is 9.86. The van der Waals surface area contributed by atoms with Crippen molar-refractivity contribution in [1.29, 1.82) is 0 Å². The summed E-state index contributed by atoms with van der Waals surface area (Å²) in [6, 6.07) is 9.82. The molecule has 0 saturated carbocycles. The molecule has 1 nitrogen and oxygen atoms in total. The van der Waals surface area contributed by atoms with Gasteiger partial charge in [0.05, 0.1) is 0 Å². The maximum absolute atomic E-state index is 13.0. The highest BCUT2D eigenvalue weighted by molar-refractivity contribution is 7.75. The molecule has 0 fully saturated rings. The third-order valence-corrected chi connectivity index (χ3v) is 6.40. The van der Waals surface area contributed by atoms with Crippen molar-refractivity contribution in [3.63, 3.8) is 0 Å². The summed E-state index contributed by atoms with van der Waals surface area (Å²) >= 11 is 0. The Labute approximate surface area is 95.6 Å². The molecule has 3 atom stereocenters. The number of benzene rings is 1. The Morgan fingerprint density at radius 2 is 1.69 bits per heavy atom. The third-order valence-electron chi connectivity index (χ3n) is 3.28. The van der Waals surface area contributed by atoms with Crippen LogP contribution in [0.25, 0.3) is 0 Å². The summed E-state index contributed by atoms with van der Waals surface area (Å²) in [5.74, 6) is 2.24. The van der Waals surface area contributed by atoms with Gasteiger partial charge in [0.1, 0.15) is 7.14 Å². The Balaban J connectivity index is 2.08. The van der Waals surface area contributed by atoms with Gasteiger partial charge in [-0.1, -0.05) is 60.7 Å². The van der Waals surface area contributed by atoms with Crippen molar-refractivity contribution in [2.75, 3.05) is 0 Å². The molecule has 2 aliphatic rings. The Kier molecular flexibility index (Phi) is 2.22. The van der Waals surface area contributed by atoms with E-state index in [0.717, 1.165) is 5.30 Å². The molecule has 16 heavy (non-hydrogen) atoms. The second-order valence-corrected chi connectivity index (χ2v) is 7.05. The standard InChI is InChI=1S/C14H13OP/c15-16(13-7-2-1-3-8-13)11-10-12-6-4-5-9-14(12)16/h1-12,14H/t12-,14-,16+/m0/s1. The van der Waals surface area contributed by atoms with Crippen LogP contribution in [0.5, 0.6) is 0 Å². The summed E-state index contributed by atoms with van der Waals surface area (Å²) in [6.07, 6.45) is 10.3. The molecular formula is C14H13OP. The Bertz CT molecular complexity index is 525. The lowest BCUT2D eigenvalue weighted by Gasteiger charge is -2.22. The summed E-state index contributed by atoms with van der Waals surface area (Å²) in [5.41, 5.74) is 0.139. The van der Waals surface area contributed by atoms with E-state index in [1.165, 1.54) is 0 Å². The molecule has 3 rings (SSSR count). The molecule has 1 aromatic carbocycles. The van der Waals surface area contributed by atoms with Gasteiger partial charge in [0.15, 0.2) is 0 Å². The van der Waals surface area contributed by atoms with Crippen LogP contribution < -0.4 is 5.30 Å². The van der Waals surface area contributed by atoms with Gasteiger partial charge in [0, 0.05) is 16.9 Å². The van der Waals surface area contributed by atoms with Gasteiger partial charge in [-0.2, -0.15) is 0 Å². The fraction of sp³-hybridized carbons (Fsp3) is 0.143.